The van der Waals surface area contributed by atoms with E-state index < -0.39 is 0 Å². The van der Waals surface area contributed by atoms with E-state index in [0.29, 0.717) is 30.0 Å². The molecular formula is C10H20N6OS. The van der Waals surface area contributed by atoms with Crippen molar-refractivity contribution in [3.8, 4) is 0 Å². The quantitative estimate of drug-likeness (QED) is 0.643. The number of carbonyl (C=O) groups excluding carboxylic acids is 1. The smallest absolute Gasteiger partial charge is 0.230 e. The van der Waals surface area contributed by atoms with E-state index in [1.807, 2.05) is 6.92 Å². The highest BCUT2D eigenvalue weighted by atomic mass is 32.2. The van der Waals surface area contributed by atoms with Crippen molar-refractivity contribution in [1.29, 1.82) is 0 Å². The minimum Gasteiger partial charge on any atom is -0.356 e. The zero-order chi connectivity index (χ0) is 13.4. The first-order valence-electron chi connectivity index (χ1n) is 6.02. The molecule has 7 nitrogen and oxygen atoms in total. The van der Waals surface area contributed by atoms with Crippen LogP contribution in [0, 0.1) is 0 Å². The first-order valence-corrected chi connectivity index (χ1v) is 7.01. The van der Waals surface area contributed by atoms with E-state index >= 15 is 0 Å². The van der Waals surface area contributed by atoms with Crippen molar-refractivity contribution in [3.63, 3.8) is 0 Å². The van der Waals surface area contributed by atoms with Crippen LogP contribution in [0.5, 0.6) is 0 Å². The second kappa shape index (κ2) is 8.04. The van der Waals surface area contributed by atoms with Gasteiger partial charge in [0.1, 0.15) is 0 Å². The molecule has 102 valence electrons. The average molecular weight is 272 g/mol. The van der Waals surface area contributed by atoms with Gasteiger partial charge >= 0.3 is 0 Å². The molecule has 0 bridgehead atoms. The molecule has 0 unspecified atom stereocenters. The second-order valence-corrected chi connectivity index (χ2v) is 4.98. The fraction of sp³-hybridized carbons (Fsp3) is 0.800. The Morgan fingerprint density at radius 3 is 2.94 bits per heavy atom. The molecule has 1 aromatic heterocycles. The van der Waals surface area contributed by atoms with Crippen molar-refractivity contribution in [1.82, 2.24) is 30.8 Å². The highest BCUT2D eigenvalue weighted by molar-refractivity contribution is 7.99. The van der Waals surface area contributed by atoms with E-state index in [-0.39, 0.29) is 5.91 Å². The maximum Gasteiger partial charge on any atom is 0.230 e. The van der Waals surface area contributed by atoms with Crippen LogP contribution in [0.3, 0.4) is 0 Å². The van der Waals surface area contributed by atoms with Gasteiger partial charge in [0, 0.05) is 19.1 Å². The van der Waals surface area contributed by atoms with Crippen LogP contribution in [0.1, 0.15) is 20.8 Å². The molecule has 1 rings (SSSR count). The van der Waals surface area contributed by atoms with Gasteiger partial charge in [-0.15, -0.1) is 5.10 Å². The standard InChI is InChI=1S/C10H20N6OS/c1-4-11-9(17)7-18-10-13-14-15-16(10)6-5-12-8(2)3/h8,12H,4-7H2,1-3H3,(H,11,17). The maximum atomic E-state index is 11.3. The van der Waals surface area contributed by atoms with Gasteiger partial charge in [-0.1, -0.05) is 25.6 Å². The molecule has 0 radical (unpaired) electrons. The van der Waals surface area contributed by atoms with Crippen molar-refractivity contribution in [3.05, 3.63) is 0 Å². The molecule has 0 aromatic carbocycles. The Kier molecular flexibility index (Phi) is 6.66. The molecule has 0 spiro atoms. The Labute approximate surface area is 111 Å². The highest BCUT2D eigenvalue weighted by Gasteiger charge is 2.09. The van der Waals surface area contributed by atoms with Crippen molar-refractivity contribution >= 4 is 17.7 Å². The van der Waals surface area contributed by atoms with Crippen LogP contribution < -0.4 is 10.6 Å². The van der Waals surface area contributed by atoms with Crippen LogP contribution in [-0.2, 0) is 11.3 Å². The molecule has 1 amide bonds. The van der Waals surface area contributed by atoms with Crippen LogP contribution in [0.4, 0.5) is 0 Å². The van der Waals surface area contributed by atoms with E-state index in [2.05, 4.69) is 40.0 Å². The summed E-state index contributed by atoms with van der Waals surface area (Å²) in [5.41, 5.74) is 0. The molecule has 0 fully saturated rings. The van der Waals surface area contributed by atoms with Gasteiger partial charge in [-0.05, 0) is 17.4 Å². The Morgan fingerprint density at radius 1 is 1.50 bits per heavy atom. The van der Waals surface area contributed by atoms with Gasteiger partial charge in [-0.2, -0.15) is 0 Å². The lowest BCUT2D eigenvalue weighted by atomic mass is 10.4. The van der Waals surface area contributed by atoms with Crippen LogP contribution >= 0.6 is 11.8 Å². The first-order chi connectivity index (χ1) is 8.63. The van der Waals surface area contributed by atoms with E-state index in [1.54, 1.807) is 4.68 Å². The molecule has 0 saturated heterocycles. The highest BCUT2D eigenvalue weighted by Crippen LogP contribution is 2.12. The molecule has 0 aliphatic rings. The van der Waals surface area contributed by atoms with Gasteiger partial charge in [0.15, 0.2) is 0 Å². The van der Waals surface area contributed by atoms with Crippen molar-refractivity contribution in [2.24, 2.45) is 0 Å². The monoisotopic (exact) mass is 272 g/mol. The third kappa shape index (κ3) is 5.46. The maximum absolute atomic E-state index is 11.3. The third-order valence-corrected chi connectivity index (χ3v) is 3.04. The summed E-state index contributed by atoms with van der Waals surface area (Å²) in [6.07, 6.45) is 0. The number of nitrogens with one attached hydrogen (secondary N) is 2. The minimum atomic E-state index is -0.00245. The van der Waals surface area contributed by atoms with Gasteiger partial charge in [-0.3, -0.25) is 4.79 Å². The fourth-order valence-corrected chi connectivity index (χ4v) is 2.01. The summed E-state index contributed by atoms with van der Waals surface area (Å²) in [4.78, 5) is 11.3. The molecule has 2 N–H and O–H groups in total. The average Bonchev–Trinajstić information content (AvgIpc) is 2.74. The van der Waals surface area contributed by atoms with Crippen LogP contribution in [-0.4, -0.2) is 51.0 Å². The first kappa shape index (κ1) is 14.9. The zero-order valence-corrected chi connectivity index (χ0v) is 11.8. The summed E-state index contributed by atoms with van der Waals surface area (Å²) in [5.74, 6) is 0.337. The lowest BCUT2D eigenvalue weighted by Gasteiger charge is -2.08. The zero-order valence-electron chi connectivity index (χ0n) is 11.0. The van der Waals surface area contributed by atoms with Crippen LogP contribution in [0.2, 0.25) is 0 Å². The number of hydrogen-bond acceptors (Lipinski definition) is 6. The lowest BCUT2D eigenvalue weighted by molar-refractivity contribution is -0.118. The van der Waals surface area contributed by atoms with Gasteiger partial charge in [-0.25, -0.2) is 4.68 Å². The molecule has 1 heterocycles. The summed E-state index contributed by atoms with van der Waals surface area (Å²) in [5, 5.41) is 18.1. The second-order valence-electron chi connectivity index (χ2n) is 4.04. The van der Waals surface area contributed by atoms with Gasteiger partial charge in [0.05, 0.1) is 12.3 Å². The predicted molar refractivity (Wildman–Crippen MR) is 70.4 cm³/mol. The number of hydrogen-bond donors (Lipinski definition) is 2. The molecule has 0 atom stereocenters. The van der Waals surface area contributed by atoms with E-state index in [4.69, 9.17) is 0 Å². The third-order valence-electron chi connectivity index (χ3n) is 2.08. The number of tetrazole rings is 1. The van der Waals surface area contributed by atoms with E-state index in [9.17, 15) is 4.79 Å². The number of aromatic nitrogens is 4. The number of amides is 1. The predicted octanol–water partition coefficient (Wildman–Crippen LogP) is -0.101. The SMILES string of the molecule is CCNC(=O)CSc1nnnn1CCNC(C)C. The Morgan fingerprint density at radius 2 is 2.28 bits per heavy atom. The van der Waals surface area contributed by atoms with Crippen molar-refractivity contribution < 1.29 is 4.79 Å². The van der Waals surface area contributed by atoms with Crippen LogP contribution in [0.25, 0.3) is 0 Å². The molecule has 8 heteroatoms. The Hall–Kier alpha value is -1.15. The number of rotatable bonds is 8. The Bertz CT molecular complexity index is 367. The summed E-state index contributed by atoms with van der Waals surface area (Å²) in [6.45, 7) is 8.21. The van der Waals surface area contributed by atoms with E-state index in [1.165, 1.54) is 11.8 Å². The normalized spacial score (nSPS) is 10.9. The minimum absolute atomic E-state index is 0.00245. The van der Waals surface area contributed by atoms with Gasteiger partial charge in [0.25, 0.3) is 0 Å². The van der Waals surface area contributed by atoms with Crippen molar-refractivity contribution in [2.45, 2.75) is 38.5 Å². The molecule has 0 saturated carbocycles. The summed E-state index contributed by atoms with van der Waals surface area (Å²) in [7, 11) is 0. The summed E-state index contributed by atoms with van der Waals surface area (Å²) in [6, 6.07) is 0.438. The van der Waals surface area contributed by atoms with E-state index in [0.717, 1.165) is 6.54 Å². The number of carbonyl (C=O) groups is 1. The molecule has 1 aromatic rings. The van der Waals surface area contributed by atoms with Gasteiger partial charge in [0.2, 0.25) is 11.1 Å². The van der Waals surface area contributed by atoms with Gasteiger partial charge < -0.3 is 10.6 Å². The molecule has 0 aliphatic carbocycles. The fourth-order valence-electron chi connectivity index (χ4n) is 1.28. The van der Waals surface area contributed by atoms with Crippen molar-refractivity contribution in [2.75, 3.05) is 18.8 Å². The topological polar surface area (TPSA) is 84.7 Å². The lowest BCUT2D eigenvalue weighted by Crippen LogP contribution is -2.27. The Balaban J connectivity index is 2.37. The molecule has 0 aliphatic heterocycles. The largest absolute Gasteiger partial charge is 0.356 e. The summed E-state index contributed by atoms with van der Waals surface area (Å²) < 4.78 is 1.71. The number of thioether (sulfide) groups is 1. The summed E-state index contributed by atoms with van der Waals surface area (Å²) >= 11 is 1.35. The van der Waals surface area contributed by atoms with Crippen LogP contribution in [0.15, 0.2) is 5.16 Å². The molecular weight excluding hydrogens is 252 g/mol. The number of nitrogens with zero attached hydrogens (tertiary/aromatic N) is 4. The molecule has 18 heavy (non-hydrogen) atoms.